The first-order chi connectivity index (χ1) is 5.81. The van der Waals surface area contributed by atoms with E-state index in [0.717, 1.165) is 22.8 Å². The quantitative estimate of drug-likeness (QED) is 0.651. The Bertz CT molecular complexity index is 313. The van der Waals surface area contributed by atoms with Gasteiger partial charge in [0.15, 0.2) is 0 Å². The highest BCUT2D eigenvalue weighted by Crippen LogP contribution is 2.31. The van der Waals surface area contributed by atoms with Gasteiger partial charge in [0.25, 0.3) is 0 Å². The van der Waals surface area contributed by atoms with Crippen LogP contribution >= 0.6 is 11.8 Å². The molecule has 0 saturated carbocycles. The molecule has 12 heavy (non-hydrogen) atoms. The molecule has 1 aliphatic rings. The second-order valence-corrected chi connectivity index (χ2v) is 3.63. The monoisotopic (exact) mass is 182 g/mol. The summed E-state index contributed by atoms with van der Waals surface area (Å²) in [6.07, 6.45) is 0. The van der Waals surface area contributed by atoms with E-state index in [2.05, 4.69) is 9.97 Å². The molecule has 64 valence electrons. The number of aromatic nitrogens is 2. The molecule has 0 atom stereocenters. The van der Waals surface area contributed by atoms with Crippen LogP contribution in [0.3, 0.4) is 0 Å². The van der Waals surface area contributed by atoms with E-state index in [1.54, 1.807) is 0 Å². The number of nitrogens with two attached hydrogens (primary N) is 2. The standard InChI is InChI=1S/C7H10N4S/c8-1-6-10-5-3-12-2-4(5)7(9)11-6/h1-3,8H2,(H2,9,10,11). The van der Waals surface area contributed by atoms with Gasteiger partial charge in [-0.3, -0.25) is 0 Å². The summed E-state index contributed by atoms with van der Waals surface area (Å²) in [6, 6.07) is 0. The first-order valence-electron chi connectivity index (χ1n) is 3.73. The Kier molecular flexibility index (Phi) is 1.90. The molecule has 0 unspecified atom stereocenters. The summed E-state index contributed by atoms with van der Waals surface area (Å²) in [6.45, 7) is 0.363. The van der Waals surface area contributed by atoms with E-state index in [4.69, 9.17) is 11.5 Å². The third-order valence-electron chi connectivity index (χ3n) is 1.84. The predicted octanol–water partition coefficient (Wildman–Crippen LogP) is 0.264. The normalized spacial score (nSPS) is 14.8. The van der Waals surface area contributed by atoms with Gasteiger partial charge in [0.1, 0.15) is 11.6 Å². The number of nitrogens with zero attached hydrogens (tertiary/aromatic N) is 2. The number of nitrogen functional groups attached to an aromatic ring is 1. The van der Waals surface area contributed by atoms with Crippen LogP contribution in [0.25, 0.3) is 0 Å². The summed E-state index contributed by atoms with van der Waals surface area (Å²) in [5, 5.41) is 0. The topological polar surface area (TPSA) is 77.8 Å². The van der Waals surface area contributed by atoms with Gasteiger partial charge >= 0.3 is 0 Å². The Balaban J connectivity index is 2.51. The fourth-order valence-electron chi connectivity index (χ4n) is 1.22. The molecule has 4 N–H and O–H groups in total. The Morgan fingerprint density at radius 3 is 2.92 bits per heavy atom. The Hall–Kier alpha value is -0.810. The summed E-state index contributed by atoms with van der Waals surface area (Å²) in [5.74, 6) is 3.13. The maximum Gasteiger partial charge on any atom is 0.144 e. The molecule has 0 saturated heterocycles. The maximum absolute atomic E-state index is 5.73. The second kappa shape index (κ2) is 2.91. The van der Waals surface area contributed by atoms with Crippen molar-refractivity contribution in [2.75, 3.05) is 5.73 Å². The minimum Gasteiger partial charge on any atom is -0.383 e. The predicted molar refractivity (Wildman–Crippen MR) is 49.3 cm³/mol. The van der Waals surface area contributed by atoms with Gasteiger partial charge in [0.05, 0.1) is 12.2 Å². The first-order valence-corrected chi connectivity index (χ1v) is 4.88. The molecule has 1 aliphatic heterocycles. The molecule has 0 fully saturated rings. The van der Waals surface area contributed by atoms with E-state index in [0.29, 0.717) is 18.2 Å². The zero-order chi connectivity index (χ0) is 8.55. The summed E-state index contributed by atoms with van der Waals surface area (Å²) < 4.78 is 0. The minimum atomic E-state index is 0.363. The van der Waals surface area contributed by atoms with Crippen molar-refractivity contribution in [1.29, 1.82) is 0 Å². The lowest BCUT2D eigenvalue weighted by molar-refractivity contribution is 0.887. The van der Waals surface area contributed by atoms with Gasteiger partial charge in [-0.25, -0.2) is 9.97 Å². The van der Waals surface area contributed by atoms with Gasteiger partial charge in [0, 0.05) is 17.1 Å². The van der Waals surface area contributed by atoms with Crippen molar-refractivity contribution < 1.29 is 0 Å². The van der Waals surface area contributed by atoms with Crippen LogP contribution in [-0.4, -0.2) is 9.97 Å². The van der Waals surface area contributed by atoms with Crippen LogP contribution in [0.2, 0.25) is 0 Å². The molecule has 0 radical (unpaired) electrons. The van der Waals surface area contributed by atoms with Gasteiger partial charge in [-0.2, -0.15) is 11.8 Å². The lowest BCUT2D eigenvalue weighted by Crippen LogP contribution is -2.09. The average molecular weight is 182 g/mol. The van der Waals surface area contributed by atoms with Crippen molar-refractivity contribution in [2.24, 2.45) is 5.73 Å². The zero-order valence-electron chi connectivity index (χ0n) is 6.58. The largest absolute Gasteiger partial charge is 0.383 e. The molecule has 1 aromatic heterocycles. The fourth-order valence-corrected chi connectivity index (χ4v) is 2.27. The molecule has 5 heteroatoms. The van der Waals surface area contributed by atoms with Crippen molar-refractivity contribution in [3.63, 3.8) is 0 Å². The molecule has 0 bridgehead atoms. The van der Waals surface area contributed by atoms with Gasteiger partial charge in [-0.1, -0.05) is 0 Å². The molecule has 4 nitrogen and oxygen atoms in total. The second-order valence-electron chi connectivity index (χ2n) is 2.65. The van der Waals surface area contributed by atoms with Crippen molar-refractivity contribution in [3.8, 4) is 0 Å². The molecule has 0 aromatic carbocycles. The van der Waals surface area contributed by atoms with Crippen LogP contribution in [0.4, 0.5) is 5.82 Å². The lowest BCUT2D eigenvalue weighted by atomic mass is 10.2. The number of anilines is 1. The van der Waals surface area contributed by atoms with E-state index < -0.39 is 0 Å². The molecule has 2 rings (SSSR count). The third kappa shape index (κ3) is 1.15. The van der Waals surface area contributed by atoms with Gasteiger partial charge in [-0.15, -0.1) is 0 Å². The fraction of sp³-hybridized carbons (Fsp3) is 0.429. The number of hydrogen-bond donors (Lipinski definition) is 2. The Labute approximate surface area is 74.8 Å². The molecular formula is C7H10N4S. The minimum absolute atomic E-state index is 0.363. The molecular weight excluding hydrogens is 172 g/mol. The number of thioether (sulfide) groups is 1. The van der Waals surface area contributed by atoms with E-state index in [1.165, 1.54) is 0 Å². The van der Waals surface area contributed by atoms with Gasteiger partial charge in [0.2, 0.25) is 0 Å². The van der Waals surface area contributed by atoms with Crippen LogP contribution in [0.15, 0.2) is 0 Å². The smallest absolute Gasteiger partial charge is 0.144 e. The van der Waals surface area contributed by atoms with Crippen LogP contribution in [0.5, 0.6) is 0 Å². The van der Waals surface area contributed by atoms with E-state index in [1.807, 2.05) is 11.8 Å². The number of hydrogen-bond acceptors (Lipinski definition) is 5. The number of fused-ring (bicyclic) bond motifs is 1. The molecule has 0 spiro atoms. The summed E-state index contributed by atoms with van der Waals surface area (Å²) in [5.41, 5.74) is 13.3. The van der Waals surface area contributed by atoms with Crippen molar-refractivity contribution in [3.05, 3.63) is 17.1 Å². The summed E-state index contributed by atoms with van der Waals surface area (Å²) in [4.78, 5) is 8.39. The first kappa shape index (κ1) is 7.82. The molecule has 0 aliphatic carbocycles. The van der Waals surface area contributed by atoms with Crippen LogP contribution in [0.1, 0.15) is 17.1 Å². The highest BCUT2D eigenvalue weighted by atomic mass is 32.2. The maximum atomic E-state index is 5.73. The summed E-state index contributed by atoms with van der Waals surface area (Å²) in [7, 11) is 0. The van der Waals surface area contributed by atoms with Gasteiger partial charge < -0.3 is 11.5 Å². The van der Waals surface area contributed by atoms with E-state index in [9.17, 15) is 0 Å². The van der Waals surface area contributed by atoms with Crippen LogP contribution in [0, 0.1) is 0 Å². The van der Waals surface area contributed by atoms with E-state index >= 15 is 0 Å². The number of rotatable bonds is 1. The molecule has 0 amide bonds. The highest BCUT2D eigenvalue weighted by Gasteiger charge is 2.17. The van der Waals surface area contributed by atoms with Crippen LogP contribution < -0.4 is 11.5 Å². The Morgan fingerprint density at radius 1 is 1.33 bits per heavy atom. The van der Waals surface area contributed by atoms with Crippen molar-refractivity contribution >= 4 is 17.6 Å². The lowest BCUT2D eigenvalue weighted by Gasteiger charge is -2.03. The van der Waals surface area contributed by atoms with Crippen molar-refractivity contribution in [1.82, 2.24) is 9.97 Å². The van der Waals surface area contributed by atoms with E-state index in [-0.39, 0.29) is 0 Å². The third-order valence-corrected chi connectivity index (χ3v) is 2.81. The Morgan fingerprint density at radius 2 is 2.17 bits per heavy atom. The van der Waals surface area contributed by atoms with Crippen LogP contribution in [-0.2, 0) is 18.1 Å². The zero-order valence-corrected chi connectivity index (χ0v) is 7.40. The van der Waals surface area contributed by atoms with Gasteiger partial charge in [-0.05, 0) is 0 Å². The SMILES string of the molecule is NCc1nc(N)c2c(n1)CSC2. The highest BCUT2D eigenvalue weighted by molar-refractivity contribution is 7.98. The molecule has 1 aromatic rings. The summed E-state index contributed by atoms with van der Waals surface area (Å²) >= 11 is 1.81. The van der Waals surface area contributed by atoms with Crippen molar-refractivity contribution in [2.45, 2.75) is 18.1 Å². The average Bonchev–Trinajstić information content (AvgIpc) is 2.52. The molecule has 2 heterocycles.